The molecule has 1 fully saturated rings. The largest absolute Gasteiger partial charge is 0.347 e. The van der Waals surface area contributed by atoms with Gasteiger partial charge >= 0.3 is 13.7 Å². The van der Waals surface area contributed by atoms with Crippen molar-refractivity contribution in [3.8, 4) is 0 Å². The fourth-order valence-corrected chi connectivity index (χ4v) is 5.22. The Morgan fingerprint density at radius 2 is 1.96 bits per heavy atom. The van der Waals surface area contributed by atoms with Crippen molar-refractivity contribution < 1.29 is 24.0 Å². The molecule has 1 aliphatic rings. The lowest BCUT2D eigenvalue weighted by Crippen LogP contribution is -2.52. The van der Waals surface area contributed by atoms with Gasteiger partial charge in [0.15, 0.2) is 0 Å². The number of alkyl halides is 2. The first-order valence-corrected chi connectivity index (χ1v) is 10.9. The zero-order valence-electron chi connectivity index (χ0n) is 14.7. The maximum atomic E-state index is 13.1. The van der Waals surface area contributed by atoms with E-state index in [1.165, 1.54) is 28.9 Å². The van der Waals surface area contributed by atoms with Crippen LogP contribution in [-0.4, -0.2) is 63.5 Å². The van der Waals surface area contributed by atoms with Crippen LogP contribution >= 0.6 is 30.9 Å². The molecule has 1 saturated heterocycles. The average molecular weight is 456 g/mol. The summed E-state index contributed by atoms with van der Waals surface area (Å²) in [6.07, 6.45) is -0.796. The number of amides is 2. The second-order valence-corrected chi connectivity index (χ2v) is 8.58. The van der Waals surface area contributed by atoms with Gasteiger partial charge in [-0.2, -0.15) is 5.06 Å². The van der Waals surface area contributed by atoms with Gasteiger partial charge in [0.25, 0.3) is 5.69 Å². The van der Waals surface area contributed by atoms with E-state index in [-0.39, 0.29) is 49.3 Å². The molecular formula is C14H20Cl2N5O6P. The topological polar surface area (TPSA) is 137 Å². The summed E-state index contributed by atoms with van der Waals surface area (Å²) < 4.78 is 19.9. The van der Waals surface area contributed by atoms with Crippen molar-refractivity contribution in [2.24, 2.45) is 0 Å². The molecule has 28 heavy (non-hydrogen) atoms. The van der Waals surface area contributed by atoms with Crippen LogP contribution in [0.2, 0.25) is 0 Å². The van der Waals surface area contributed by atoms with E-state index in [1.54, 1.807) is 0 Å². The van der Waals surface area contributed by atoms with Gasteiger partial charge in [0.2, 0.25) is 0 Å². The van der Waals surface area contributed by atoms with Crippen molar-refractivity contribution in [3.63, 3.8) is 0 Å². The second-order valence-electron chi connectivity index (χ2n) is 5.70. The van der Waals surface area contributed by atoms with Crippen LogP contribution in [0.4, 0.5) is 16.2 Å². The number of hydrogen-bond donors (Lipinski definition) is 3. The smallest absolute Gasteiger partial charge is 0.306 e. The number of nitrogens with one attached hydrogen (secondary N) is 2. The third-order valence-electron chi connectivity index (χ3n) is 3.86. The monoisotopic (exact) mass is 455 g/mol. The molecule has 2 unspecified atom stereocenters. The van der Waals surface area contributed by atoms with Crippen LogP contribution in [0.3, 0.4) is 0 Å². The number of nitrogens with zero attached hydrogens (tertiary/aromatic N) is 3. The molecule has 0 aromatic heterocycles. The van der Waals surface area contributed by atoms with Crippen LogP contribution in [-0.2, 0) is 9.09 Å². The molecule has 1 heterocycles. The maximum absolute atomic E-state index is 13.1. The molecule has 14 heteroatoms. The summed E-state index contributed by atoms with van der Waals surface area (Å²) in [6, 6.07) is 4.19. The minimum atomic E-state index is -3.55. The van der Waals surface area contributed by atoms with Crippen LogP contribution in [0.5, 0.6) is 0 Å². The molecule has 11 nitrogen and oxygen atoms in total. The van der Waals surface area contributed by atoms with Crippen molar-refractivity contribution in [2.75, 3.05) is 36.8 Å². The number of anilines is 1. The number of hydrogen-bond acceptors (Lipinski definition) is 6. The predicted octanol–water partition coefficient (Wildman–Crippen LogP) is 3.04. The normalized spacial score (nSPS) is 22.1. The third-order valence-corrected chi connectivity index (χ3v) is 6.50. The van der Waals surface area contributed by atoms with Gasteiger partial charge in [-0.25, -0.2) is 14.6 Å². The first kappa shape index (κ1) is 22.8. The highest BCUT2D eigenvalue weighted by Crippen LogP contribution is 2.49. The van der Waals surface area contributed by atoms with Gasteiger partial charge in [-0.15, -0.1) is 23.2 Å². The molecule has 1 aromatic carbocycles. The fourth-order valence-electron chi connectivity index (χ4n) is 2.48. The zero-order valence-corrected chi connectivity index (χ0v) is 17.1. The highest BCUT2D eigenvalue weighted by molar-refractivity contribution is 7.54. The van der Waals surface area contributed by atoms with Gasteiger partial charge in [0.1, 0.15) is 6.17 Å². The maximum Gasteiger partial charge on any atom is 0.347 e. The summed E-state index contributed by atoms with van der Waals surface area (Å²) in [7, 11) is -3.55. The van der Waals surface area contributed by atoms with Gasteiger partial charge < -0.3 is 9.84 Å². The number of nitro benzene ring substituents is 1. The lowest BCUT2D eigenvalue weighted by Gasteiger charge is -2.39. The summed E-state index contributed by atoms with van der Waals surface area (Å²) in [6.45, 7) is 0.523. The number of urea groups is 1. The van der Waals surface area contributed by atoms with Crippen molar-refractivity contribution >= 4 is 48.3 Å². The van der Waals surface area contributed by atoms with E-state index in [1.807, 2.05) is 0 Å². The summed E-state index contributed by atoms with van der Waals surface area (Å²) in [5.74, 6) is 0.389. The number of rotatable bonds is 8. The zero-order chi connectivity index (χ0) is 20.7. The molecule has 0 spiro atoms. The van der Waals surface area contributed by atoms with E-state index in [9.17, 15) is 24.7 Å². The van der Waals surface area contributed by atoms with Crippen LogP contribution in [0, 0.1) is 10.1 Å². The number of non-ortho nitro benzene ring substituents is 1. The summed E-state index contributed by atoms with van der Waals surface area (Å²) in [5, 5.41) is 26.3. The van der Waals surface area contributed by atoms with Gasteiger partial charge in [-0.3, -0.25) is 19.9 Å². The Hall–Kier alpha value is -1.46. The Balaban J connectivity index is 2.03. The van der Waals surface area contributed by atoms with Crippen molar-refractivity contribution in [1.29, 1.82) is 0 Å². The van der Waals surface area contributed by atoms with Crippen LogP contribution in [0.15, 0.2) is 24.3 Å². The standard InChI is InChI=1S/C14H20Cl2N5O6P/c15-6-8-19(9-7-16)28(26)18-13(5-10-27-28)20(23)14(22)17-11-1-3-12(4-2-11)21(24)25/h1-4,13,23H,5-10H2,(H,17,22)(H,18,26). The number of benzene rings is 1. The number of carbonyl (C=O) groups excluding carboxylic acids is 1. The number of halogens is 2. The first-order chi connectivity index (χ1) is 13.3. The molecular weight excluding hydrogens is 436 g/mol. The van der Waals surface area contributed by atoms with E-state index in [2.05, 4.69) is 10.4 Å². The van der Waals surface area contributed by atoms with Crippen LogP contribution in [0.1, 0.15) is 6.42 Å². The third kappa shape index (κ3) is 5.77. The molecule has 156 valence electrons. The Labute approximate surface area is 171 Å². The SMILES string of the molecule is O=C(Nc1ccc([N+](=O)[O-])cc1)N(O)C1CCOP(=O)(N(CCCl)CCCl)N1. The van der Waals surface area contributed by atoms with Crippen LogP contribution < -0.4 is 10.4 Å². The number of nitro groups is 1. The molecule has 2 atom stereocenters. The van der Waals surface area contributed by atoms with E-state index >= 15 is 0 Å². The summed E-state index contributed by atoms with van der Waals surface area (Å²) in [5.41, 5.74) is 0.111. The van der Waals surface area contributed by atoms with Gasteiger partial charge in [0, 0.05) is 49.1 Å². The number of carbonyl (C=O) groups is 1. The summed E-state index contributed by atoms with van der Waals surface area (Å²) in [4.78, 5) is 22.4. The summed E-state index contributed by atoms with van der Waals surface area (Å²) >= 11 is 11.5. The average Bonchev–Trinajstić information content (AvgIpc) is 2.67. The van der Waals surface area contributed by atoms with Crippen LogP contribution in [0.25, 0.3) is 0 Å². The molecule has 0 aliphatic carbocycles. The molecule has 0 saturated carbocycles. The molecule has 3 N–H and O–H groups in total. The molecule has 1 aromatic rings. The Morgan fingerprint density at radius 3 is 2.50 bits per heavy atom. The van der Waals surface area contributed by atoms with Gasteiger partial charge in [-0.1, -0.05) is 0 Å². The molecule has 2 amide bonds. The van der Waals surface area contributed by atoms with E-state index in [0.717, 1.165) is 0 Å². The van der Waals surface area contributed by atoms with Gasteiger partial charge in [-0.05, 0) is 12.1 Å². The predicted molar refractivity (Wildman–Crippen MR) is 104 cm³/mol. The van der Waals surface area contributed by atoms with Crippen molar-refractivity contribution in [2.45, 2.75) is 12.6 Å². The minimum Gasteiger partial charge on any atom is -0.306 e. The molecule has 1 aliphatic heterocycles. The highest BCUT2D eigenvalue weighted by atomic mass is 35.5. The van der Waals surface area contributed by atoms with Crippen molar-refractivity contribution in [1.82, 2.24) is 14.8 Å². The highest BCUT2D eigenvalue weighted by Gasteiger charge is 2.40. The Morgan fingerprint density at radius 1 is 1.36 bits per heavy atom. The number of hydroxylamine groups is 2. The molecule has 2 rings (SSSR count). The second kappa shape index (κ2) is 10.4. The molecule has 0 bridgehead atoms. The van der Waals surface area contributed by atoms with Gasteiger partial charge in [0.05, 0.1) is 11.5 Å². The first-order valence-electron chi connectivity index (χ1n) is 8.24. The van der Waals surface area contributed by atoms with E-state index in [0.29, 0.717) is 5.06 Å². The minimum absolute atomic E-state index is 0.0396. The fraction of sp³-hybridized carbons (Fsp3) is 0.500. The van der Waals surface area contributed by atoms with E-state index < -0.39 is 24.8 Å². The van der Waals surface area contributed by atoms with Crippen molar-refractivity contribution in [3.05, 3.63) is 34.4 Å². The quantitative estimate of drug-likeness (QED) is 0.179. The molecule has 0 radical (unpaired) electrons. The Kier molecular flexibility index (Phi) is 8.44. The lowest BCUT2D eigenvalue weighted by atomic mass is 10.3. The Bertz CT molecular complexity index is 733. The van der Waals surface area contributed by atoms with E-state index in [4.69, 9.17) is 27.7 Å². The lowest BCUT2D eigenvalue weighted by molar-refractivity contribution is -0.384.